The highest BCUT2D eigenvalue weighted by atomic mass is 16.5. The number of hydrogen-bond acceptors (Lipinski definition) is 3. The minimum atomic E-state index is 0.410. The molecule has 1 atom stereocenters. The van der Waals surface area contributed by atoms with E-state index in [9.17, 15) is 0 Å². The summed E-state index contributed by atoms with van der Waals surface area (Å²) >= 11 is 0. The zero-order valence-corrected chi connectivity index (χ0v) is 11.7. The molecule has 0 spiro atoms. The van der Waals surface area contributed by atoms with Crippen LogP contribution < -0.4 is 5.32 Å². The van der Waals surface area contributed by atoms with E-state index in [4.69, 9.17) is 4.74 Å². The van der Waals surface area contributed by atoms with Gasteiger partial charge in [0, 0.05) is 31.5 Å². The van der Waals surface area contributed by atoms with Crippen LogP contribution in [-0.4, -0.2) is 35.6 Å². The van der Waals surface area contributed by atoms with Crippen molar-refractivity contribution in [1.29, 1.82) is 0 Å². The van der Waals surface area contributed by atoms with Gasteiger partial charge in [0.1, 0.15) is 0 Å². The normalized spacial score (nSPS) is 18.5. The van der Waals surface area contributed by atoms with Gasteiger partial charge in [-0.25, -0.2) is 0 Å². The summed E-state index contributed by atoms with van der Waals surface area (Å²) in [5.41, 5.74) is 2.38. The minimum Gasteiger partial charge on any atom is -0.377 e. The first-order chi connectivity index (χ1) is 9.92. The Morgan fingerprint density at radius 3 is 2.95 bits per heavy atom. The molecule has 106 valence electrons. The summed E-state index contributed by atoms with van der Waals surface area (Å²) in [4.78, 5) is 0. The lowest BCUT2D eigenvalue weighted by Crippen LogP contribution is -2.29. The van der Waals surface area contributed by atoms with Crippen LogP contribution in [0.25, 0.3) is 11.1 Å². The van der Waals surface area contributed by atoms with Crippen molar-refractivity contribution in [2.75, 3.05) is 19.7 Å². The Morgan fingerprint density at radius 1 is 1.25 bits per heavy atom. The lowest BCUT2D eigenvalue weighted by atomic mass is 10.1. The molecule has 1 aromatic carbocycles. The molecule has 4 heteroatoms. The highest BCUT2D eigenvalue weighted by Gasteiger charge is 2.14. The average molecular weight is 271 g/mol. The predicted octanol–water partition coefficient (Wildman–Crippen LogP) is 2.32. The SMILES string of the molecule is c1ccc(-c2cnn(CCNCC3CCCO3)c2)cc1. The van der Waals surface area contributed by atoms with Gasteiger partial charge < -0.3 is 10.1 Å². The quantitative estimate of drug-likeness (QED) is 0.820. The van der Waals surface area contributed by atoms with Gasteiger partial charge in [0.05, 0.1) is 18.8 Å². The Balaban J connectivity index is 1.45. The summed E-state index contributed by atoms with van der Waals surface area (Å²) < 4.78 is 7.57. The standard InChI is InChI=1S/C16H21N3O/c1-2-5-14(6-3-1)15-11-18-19(13-15)9-8-17-12-16-7-4-10-20-16/h1-3,5-6,11,13,16-17H,4,7-10,12H2. The van der Waals surface area contributed by atoms with Gasteiger partial charge in [0.2, 0.25) is 0 Å². The maximum absolute atomic E-state index is 5.58. The maximum atomic E-state index is 5.58. The summed E-state index contributed by atoms with van der Waals surface area (Å²) in [5.74, 6) is 0. The van der Waals surface area contributed by atoms with Crippen LogP contribution in [0.1, 0.15) is 12.8 Å². The van der Waals surface area contributed by atoms with Crippen molar-refractivity contribution in [3.8, 4) is 11.1 Å². The molecule has 4 nitrogen and oxygen atoms in total. The molecule has 3 rings (SSSR count). The molecule has 1 unspecified atom stereocenters. The summed E-state index contributed by atoms with van der Waals surface area (Å²) in [6.45, 7) is 3.69. The van der Waals surface area contributed by atoms with Crippen molar-refractivity contribution in [2.45, 2.75) is 25.5 Å². The third kappa shape index (κ3) is 3.46. The second-order valence-electron chi connectivity index (χ2n) is 5.20. The molecule has 1 aliphatic heterocycles. The topological polar surface area (TPSA) is 39.1 Å². The fourth-order valence-corrected chi connectivity index (χ4v) is 2.53. The van der Waals surface area contributed by atoms with E-state index in [1.165, 1.54) is 24.0 Å². The number of rotatable bonds is 6. The van der Waals surface area contributed by atoms with E-state index >= 15 is 0 Å². The number of hydrogen-bond donors (Lipinski definition) is 1. The Morgan fingerprint density at radius 2 is 2.15 bits per heavy atom. The van der Waals surface area contributed by atoms with Crippen molar-refractivity contribution >= 4 is 0 Å². The third-order valence-corrected chi connectivity index (χ3v) is 3.65. The van der Waals surface area contributed by atoms with Crippen LogP contribution >= 0.6 is 0 Å². The van der Waals surface area contributed by atoms with Crippen molar-refractivity contribution in [3.05, 3.63) is 42.7 Å². The Kier molecular flexibility index (Phi) is 4.46. The number of aromatic nitrogens is 2. The summed E-state index contributed by atoms with van der Waals surface area (Å²) in [5, 5.41) is 7.85. The van der Waals surface area contributed by atoms with Gasteiger partial charge >= 0.3 is 0 Å². The molecule has 1 saturated heterocycles. The monoisotopic (exact) mass is 271 g/mol. The van der Waals surface area contributed by atoms with E-state index in [1.54, 1.807) is 0 Å². The van der Waals surface area contributed by atoms with Gasteiger partial charge in [-0.05, 0) is 18.4 Å². The van der Waals surface area contributed by atoms with Crippen LogP contribution in [0, 0.1) is 0 Å². The number of nitrogens with one attached hydrogen (secondary N) is 1. The molecule has 1 aliphatic rings. The van der Waals surface area contributed by atoms with E-state index in [-0.39, 0.29) is 0 Å². The first-order valence-corrected chi connectivity index (χ1v) is 7.32. The summed E-state index contributed by atoms with van der Waals surface area (Å²) in [6, 6.07) is 10.3. The number of benzene rings is 1. The fraction of sp³-hybridized carbons (Fsp3) is 0.438. The van der Waals surface area contributed by atoms with Crippen molar-refractivity contribution < 1.29 is 4.74 Å². The number of ether oxygens (including phenoxy) is 1. The maximum Gasteiger partial charge on any atom is 0.0700 e. The van der Waals surface area contributed by atoms with Crippen molar-refractivity contribution in [1.82, 2.24) is 15.1 Å². The van der Waals surface area contributed by atoms with E-state index < -0.39 is 0 Å². The lowest BCUT2D eigenvalue weighted by Gasteiger charge is -2.10. The largest absolute Gasteiger partial charge is 0.377 e. The second kappa shape index (κ2) is 6.68. The van der Waals surface area contributed by atoms with Gasteiger partial charge in [-0.2, -0.15) is 5.10 Å². The lowest BCUT2D eigenvalue weighted by molar-refractivity contribution is 0.110. The Hall–Kier alpha value is -1.65. The molecule has 2 heterocycles. The zero-order chi connectivity index (χ0) is 13.6. The van der Waals surface area contributed by atoms with Crippen molar-refractivity contribution in [2.24, 2.45) is 0 Å². The van der Waals surface area contributed by atoms with E-state index in [0.717, 1.165) is 26.2 Å². The molecule has 0 amide bonds. The Labute approximate surface area is 119 Å². The zero-order valence-electron chi connectivity index (χ0n) is 11.7. The first kappa shape index (κ1) is 13.3. The van der Waals surface area contributed by atoms with Crippen molar-refractivity contribution in [3.63, 3.8) is 0 Å². The molecule has 0 bridgehead atoms. The van der Waals surface area contributed by atoms with E-state index in [1.807, 2.05) is 16.9 Å². The predicted molar refractivity (Wildman–Crippen MR) is 79.5 cm³/mol. The average Bonchev–Trinajstić information content (AvgIpc) is 3.16. The van der Waals surface area contributed by atoms with Gasteiger partial charge in [0.25, 0.3) is 0 Å². The molecule has 2 aromatic rings. The molecule has 0 aliphatic carbocycles. The van der Waals surface area contributed by atoms with E-state index in [2.05, 4.69) is 40.9 Å². The van der Waals surface area contributed by atoms with Crippen LogP contribution in [0.2, 0.25) is 0 Å². The fourth-order valence-electron chi connectivity index (χ4n) is 2.53. The Bertz CT molecular complexity index is 518. The molecule has 0 saturated carbocycles. The van der Waals surface area contributed by atoms with Gasteiger partial charge in [0.15, 0.2) is 0 Å². The summed E-state index contributed by atoms with van der Waals surface area (Å²) in [7, 11) is 0. The van der Waals surface area contributed by atoms with Crippen LogP contribution in [0.5, 0.6) is 0 Å². The van der Waals surface area contributed by atoms with Gasteiger partial charge in [-0.3, -0.25) is 4.68 Å². The molecule has 0 radical (unpaired) electrons. The second-order valence-corrected chi connectivity index (χ2v) is 5.20. The molecule has 1 aromatic heterocycles. The third-order valence-electron chi connectivity index (χ3n) is 3.65. The van der Waals surface area contributed by atoms with Gasteiger partial charge in [-0.15, -0.1) is 0 Å². The smallest absolute Gasteiger partial charge is 0.0700 e. The summed E-state index contributed by atoms with van der Waals surface area (Å²) in [6.07, 6.45) is 6.82. The molecule has 20 heavy (non-hydrogen) atoms. The van der Waals surface area contributed by atoms with E-state index in [0.29, 0.717) is 6.10 Å². The molecular weight excluding hydrogens is 250 g/mol. The van der Waals surface area contributed by atoms with Crippen LogP contribution in [0.4, 0.5) is 0 Å². The highest BCUT2D eigenvalue weighted by Crippen LogP contribution is 2.17. The van der Waals surface area contributed by atoms with Gasteiger partial charge in [-0.1, -0.05) is 30.3 Å². The number of nitrogens with zero attached hydrogens (tertiary/aromatic N) is 2. The molecule has 1 fully saturated rings. The molecular formula is C16H21N3O. The minimum absolute atomic E-state index is 0.410. The van der Waals surface area contributed by atoms with Crippen LogP contribution in [-0.2, 0) is 11.3 Å². The first-order valence-electron chi connectivity index (χ1n) is 7.32. The molecule has 1 N–H and O–H groups in total. The van der Waals surface area contributed by atoms with Crippen LogP contribution in [0.15, 0.2) is 42.7 Å². The van der Waals surface area contributed by atoms with Crippen LogP contribution in [0.3, 0.4) is 0 Å². The highest BCUT2D eigenvalue weighted by molar-refractivity contribution is 5.61.